The molecule has 1 heterocycles. The minimum absolute atomic E-state index is 0.153. The number of nitrogens with zero attached hydrogens (tertiary/aromatic N) is 3. The third-order valence-corrected chi connectivity index (χ3v) is 5.24. The number of aromatic nitrogens is 1. The van der Waals surface area contributed by atoms with Gasteiger partial charge >= 0.3 is 0 Å². The third-order valence-electron chi connectivity index (χ3n) is 5.24. The van der Waals surface area contributed by atoms with Gasteiger partial charge in [0, 0.05) is 32.1 Å². The number of anilines is 3. The van der Waals surface area contributed by atoms with Crippen LogP contribution in [0.2, 0.25) is 0 Å². The normalized spacial score (nSPS) is 15.0. The topological polar surface area (TPSA) is 48.5 Å². The minimum atomic E-state index is 0.153. The molecule has 0 atom stereocenters. The van der Waals surface area contributed by atoms with Gasteiger partial charge in [-0.2, -0.15) is 0 Å². The van der Waals surface area contributed by atoms with Crippen molar-refractivity contribution >= 4 is 23.2 Å². The van der Waals surface area contributed by atoms with Gasteiger partial charge in [0.2, 0.25) is 5.91 Å². The van der Waals surface area contributed by atoms with Gasteiger partial charge in [-0.15, -0.1) is 0 Å². The lowest BCUT2D eigenvalue weighted by molar-refractivity contribution is -0.120. The first-order valence-corrected chi connectivity index (χ1v) is 9.96. The van der Waals surface area contributed by atoms with Gasteiger partial charge in [-0.05, 0) is 52.7 Å². The first kappa shape index (κ1) is 19.5. The quantitative estimate of drug-likeness (QED) is 0.763. The Bertz CT molecular complexity index is 547. The van der Waals surface area contributed by atoms with Crippen molar-refractivity contribution in [1.29, 1.82) is 0 Å². The molecule has 2 rings (SSSR count). The number of carbonyl (C=O) groups is 1. The van der Waals surface area contributed by atoms with Crippen LogP contribution in [0.15, 0.2) is 12.1 Å². The van der Waals surface area contributed by atoms with E-state index in [2.05, 4.69) is 42.8 Å². The Morgan fingerprint density at radius 3 is 2.16 bits per heavy atom. The van der Waals surface area contributed by atoms with Crippen LogP contribution in [0.3, 0.4) is 0 Å². The van der Waals surface area contributed by atoms with Crippen LogP contribution in [-0.2, 0) is 4.79 Å². The molecule has 0 aliphatic heterocycles. The van der Waals surface area contributed by atoms with Crippen molar-refractivity contribution in [3.63, 3.8) is 0 Å². The molecule has 0 unspecified atom stereocenters. The Hall–Kier alpha value is -1.78. The Labute approximate surface area is 152 Å². The van der Waals surface area contributed by atoms with E-state index in [4.69, 9.17) is 4.98 Å². The van der Waals surface area contributed by atoms with Gasteiger partial charge in [0.1, 0.15) is 5.82 Å². The van der Waals surface area contributed by atoms with Gasteiger partial charge in [-0.1, -0.05) is 19.3 Å². The van der Waals surface area contributed by atoms with Gasteiger partial charge in [-0.25, -0.2) is 4.98 Å². The summed E-state index contributed by atoms with van der Waals surface area (Å²) >= 11 is 0. The lowest BCUT2D eigenvalue weighted by atomic mass is 9.88. The Kier molecular flexibility index (Phi) is 7.53. The molecule has 1 N–H and O–H groups in total. The van der Waals surface area contributed by atoms with E-state index in [1.54, 1.807) is 0 Å². The maximum absolute atomic E-state index is 12.7. The molecular weight excluding hydrogens is 312 g/mol. The highest BCUT2D eigenvalue weighted by Crippen LogP contribution is 2.30. The van der Waals surface area contributed by atoms with Crippen LogP contribution in [0.25, 0.3) is 0 Å². The number of hydrogen-bond acceptors (Lipinski definition) is 4. The molecule has 1 aliphatic carbocycles. The highest BCUT2D eigenvalue weighted by atomic mass is 16.1. The molecule has 5 nitrogen and oxygen atoms in total. The van der Waals surface area contributed by atoms with Crippen molar-refractivity contribution in [2.24, 2.45) is 5.92 Å². The first-order chi connectivity index (χ1) is 12.1. The van der Waals surface area contributed by atoms with Crippen molar-refractivity contribution in [2.75, 3.05) is 41.3 Å². The second-order valence-corrected chi connectivity index (χ2v) is 6.71. The van der Waals surface area contributed by atoms with E-state index in [1.807, 2.05) is 12.1 Å². The van der Waals surface area contributed by atoms with Gasteiger partial charge in [0.25, 0.3) is 0 Å². The second-order valence-electron chi connectivity index (χ2n) is 6.71. The molecule has 1 saturated carbocycles. The van der Waals surface area contributed by atoms with Crippen molar-refractivity contribution < 1.29 is 4.79 Å². The van der Waals surface area contributed by atoms with Crippen molar-refractivity contribution in [3.05, 3.63) is 12.1 Å². The van der Waals surface area contributed by atoms with Gasteiger partial charge in [0.15, 0.2) is 5.82 Å². The van der Waals surface area contributed by atoms with E-state index in [1.165, 1.54) is 19.3 Å². The Balaban J connectivity index is 2.27. The maximum Gasteiger partial charge on any atom is 0.227 e. The summed E-state index contributed by atoms with van der Waals surface area (Å²) in [7, 11) is 0. The van der Waals surface area contributed by atoms with E-state index in [0.29, 0.717) is 0 Å². The number of hydrogen-bond donors (Lipinski definition) is 1. The standard InChI is InChI=1S/C20H34N4O/c1-5-23(6-2)18-15-14-17(19(22-18)24(7-3)8-4)21-20(25)16-12-10-9-11-13-16/h14-16H,5-13H2,1-4H3,(H,21,25). The molecule has 0 radical (unpaired) electrons. The van der Waals surface area contributed by atoms with Crippen LogP contribution < -0.4 is 15.1 Å². The van der Waals surface area contributed by atoms with Crippen LogP contribution in [0, 0.1) is 5.92 Å². The van der Waals surface area contributed by atoms with Crippen LogP contribution >= 0.6 is 0 Å². The smallest absolute Gasteiger partial charge is 0.227 e. The number of pyridine rings is 1. The molecule has 1 aliphatic rings. The predicted molar refractivity (Wildman–Crippen MR) is 107 cm³/mol. The monoisotopic (exact) mass is 346 g/mol. The van der Waals surface area contributed by atoms with Crippen molar-refractivity contribution in [1.82, 2.24) is 4.98 Å². The number of amides is 1. The molecule has 5 heteroatoms. The van der Waals surface area contributed by atoms with E-state index >= 15 is 0 Å². The van der Waals surface area contributed by atoms with Crippen LogP contribution in [-0.4, -0.2) is 37.1 Å². The molecule has 1 fully saturated rings. The molecule has 1 aromatic rings. The highest BCUT2D eigenvalue weighted by molar-refractivity contribution is 5.95. The van der Waals surface area contributed by atoms with E-state index in [0.717, 1.165) is 56.3 Å². The van der Waals surface area contributed by atoms with Gasteiger partial charge < -0.3 is 15.1 Å². The lowest BCUT2D eigenvalue weighted by Crippen LogP contribution is -2.30. The molecule has 0 spiro atoms. The number of nitrogens with one attached hydrogen (secondary N) is 1. The van der Waals surface area contributed by atoms with E-state index < -0.39 is 0 Å². The fraction of sp³-hybridized carbons (Fsp3) is 0.700. The number of carbonyl (C=O) groups excluding carboxylic acids is 1. The molecule has 1 amide bonds. The first-order valence-electron chi connectivity index (χ1n) is 9.96. The summed E-state index contributed by atoms with van der Waals surface area (Å²) in [5, 5.41) is 3.17. The average molecular weight is 347 g/mol. The summed E-state index contributed by atoms with van der Waals surface area (Å²) in [5.41, 5.74) is 0.843. The summed E-state index contributed by atoms with van der Waals surface area (Å²) < 4.78 is 0. The molecule has 0 saturated heterocycles. The van der Waals surface area contributed by atoms with Crippen molar-refractivity contribution in [3.8, 4) is 0 Å². The summed E-state index contributed by atoms with van der Waals surface area (Å²) in [5.74, 6) is 2.17. The fourth-order valence-electron chi connectivity index (χ4n) is 3.62. The summed E-state index contributed by atoms with van der Waals surface area (Å²) in [6.45, 7) is 12.1. The van der Waals surface area contributed by atoms with E-state index in [-0.39, 0.29) is 11.8 Å². The summed E-state index contributed by atoms with van der Waals surface area (Å²) in [6.07, 6.45) is 5.61. The summed E-state index contributed by atoms with van der Waals surface area (Å²) in [6, 6.07) is 4.05. The molecular formula is C20H34N4O. The zero-order chi connectivity index (χ0) is 18.2. The molecule has 140 valence electrons. The molecule has 0 bridgehead atoms. The van der Waals surface area contributed by atoms with E-state index in [9.17, 15) is 4.79 Å². The zero-order valence-electron chi connectivity index (χ0n) is 16.3. The molecule has 1 aromatic heterocycles. The van der Waals surface area contributed by atoms with Crippen LogP contribution in [0.1, 0.15) is 59.8 Å². The number of rotatable bonds is 8. The fourth-order valence-corrected chi connectivity index (χ4v) is 3.62. The predicted octanol–water partition coefficient (Wildman–Crippen LogP) is 4.29. The summed E-state index contributed by atoms with van der Waals surface area (Å²) in [4.78, 5) is 22.0. The SMILES string of the molecule is CCN(CC)c1ccc(NC(=O)C2CCCCC2)c(N(CC)CC)n1. The Morgan fingerprint density at radius 2 is 1.60 bits per heavy atom. The largest absolute Gasteiger partial charge is 0.357 e. The Morgan fingerprint density at radius 1 is 1.00 bits per heavy atom. The third kappa shape index (κ3) is 4.86. The lowest BCUT2D eigenvalue weighted by Gasteiger charge is -2.27. The minimum Gasteiger partial charge on any atom is -0.357 e. The highest BCUT2D eigenvalue weighted by Gasteiger charge is 2.23. The zero-order valence-corrected chi connectivity index (χ0v) is 16.3. The van der Waals surface area contributed by atoms with Crippen LogP contribution in [0.5, 0.6) is 0 Å². The van der Waals surface area contributed by atoms with Gasteiger partial charge in [0.05, 0.1) is 5.69 Å². The second kappa shape index (κ2) is 9.64. The average Bonchev–Trinajstić information content (AvgIpc) is 2.66. The maximum atomic E-state index is 12.7. The molecule has 25 heavy (non-hydrogen) atoms. The molecule has 0 aromatic carbocycles. The van der Waals surface area contributed by atoms with Crippen molar-refractivity contribution in [2.45, 2.75) is 59.8 Å². The van der Waals surface area contributed by atoms with Gasteiger partial charge in [-0.3, -0.25) is 4.79 Å². The van der Waals surface area contributed by atoms with Crippen LogP contribution in [0.4, 0.5) is 17.3 Å².